The van der Waals surface area contributed by atoms with Gasteiger partial charge in [0.2, 0.25) is 5.78 Å². The standard InChI is InChI=1S/C17H14Cl2O3/c1-10-3-5-12(6-4-10)16(20)11(2)22-17(21)13-7-14(18)9-15(19)8-13/h3-9,11H,1-2H3/t11-/m0/s1. The van der Waals surface area contributed by atoms with Gasteiger partial charge in [0.25, 0.3) is 0 Å². The van der Waals surface area contributed by atoms with Gasteiger partial charge in [-0.15, -0.1) is 0 Å². The van der Waals surface area contributed by atoms with Crippen molar-refractivity contribution < 1.29 is 14.3 Å². The van der Waals surface area contributed by atoms with Gasteiger partial charge in [-0.2, -0.15) is 0 Å². The van der Waals surface area contributed by atoms with Gasteiger partial charge >= 0.3 is 5.97 Å². The lowest BCUT2D eigenvalue weighted by molar-refractivity contribution is 0.0319. The van der Waals surface area contributed by atoms with E-state index in [1.165, 1.54) is 25.1 Å². The Morgan fingerprint density at radius 2 is 1.50 bits per heavy atom. The third kappa shape index (κ3) is 4.09. The maximum Gasteiger partial charge on any atom is 0.338 e. The van der Waals surface area contributed by atoms with E-state index < -0.39 is 12.1 Å². The van der Waals surface area contributed by atoms with Crippen LogP contribution in [0.3, 0.4) is 0 Å². The molecule has 0 aliphatic carbocycles. The van der Waals surface area contributed by atoms with Crippen LogP contribution in [0.2, 0.25) is 10.0 Å². The fourth-order valence-corrected chi connectivity index (χ4v) is 2.43. The minimum atomic E-state index is -0.895. The van der Waals surface area contributed by atoms with E-state index in [1.54, 1.807) is 12.1 Å². The molecule has 0 N–H and O–H groups in total. The molecule has 0 spiro atoms. The zero-order valence-electron chi connectivity index (χ0n) is 12.1. The zero-order chi connectivity index (χ0) is 16.3. The molecule has 114 valence electrons. The number of carbonyl (C=O) groups is 2. The summed E-state index contributed by atoms with van der Waals surface area (Å²) in [7, 11) is 0. The van der Waals surface area contributed by atoms with Gasteiger partial charge in [0.05, 0.1) is 5.56 Å². The highest BCUT2D eigenvalue weighted by molar-refractivity contribution is 6.35. The second-order valence-corrected chi connectivity index (χ2v) is 5.81. The normalized spacial score (nSPS) is 11.8. The summed E-state index contributed by atoms with van der Waals surface area (Å²) in [5.74, 6) is -0.904. The van der Waals surface area contributed by atoms with Gasteiger partial charge < -0.3 is 4.74 Å². The molecular formula is C17H14Cl2O3. The minimum absolute atomic E-state index is 0.209. The van der Waals surface area contributed by atoms with E-state index in [2.05, 4.69) is 0 Å². The molecule has 0 saturated heterocycles. The van der Waals surface area contributed by atoms with E-state index in [1.807, 2.05) is 19.1 Å². The van der Waals surface area contributed by atoms with E-state index >= 15 is 0 Å². The molecule has 2 rings (SSSR count). The first-order chi connectivity index (χ1) is 10.4. The fourth-order valence-electron chi connectivity index (χ4n) is 1.91. The Morgan fingerprint density at radius 1 is 0.955 bits per heavy atom. The number of ether oxygens (including phenoxy) is 1. The lowest BCUT2D eigenvalue weighted by atomic mass is 10.1. The Balaban J connectivity index is 2.10. The van der Waals surface area contributed by atoms with E-state index in [0.717, 1.165) is 5.56 Å². The van der Waals surface area contributed by atoms with Crippen LogP contribution in [0.4, 0.5) is 0 Å². The van der Waals surface area contributed by atoms with E-state index in [-0.39, 0.29) is 11.3 Å². The topological polar surface area (TPSA) is 43.4 Å². The molecular weight excluding hydrogens is 323 g/mol. The molecule has 0 radical (unpaired) electrons. The summed E-state index contributed by atoms with van der Waals surface area (Å²) in [5, 5.41) is 0.661. The van der Waals surface area contributed by atoms with E-state index in [0.29, 0.717) is 15.6 Å². The van der Waals surface area contributed by atoms with Gasteiger partial charge in [0, 0.05) is 15.6 Å². The molecule has 5 heteroatoms. The molecule has 0 saturated carbocycles. The maximum absolute atomic E-state index is 12.2. The monoisotopic (exact) mass is 336 g/mol. The van der Waals surface area contributed by atoms with Crippen LogP contribution in [0.5, 0.6) is 0 Å². The van der Waals surface area contributed by atoms with Crippen molar-refractivity contribution in [2.24, 2.45) is 0 Å². The number of aryl methyl sites for hydroxylation is 1. The van der Waals surface area contributed by atoms with Crippen LogP contribution in [-0.2, 0) is 4.74 Å². The van der Waals surface area contributed by atoms with Crippen molar-refractivity contribution >= 4 is 35.0 Å². The highest BCUT2D eigenvalue weighted by Gasteiger charge is 2.20. The van der Waals surface area contributed by atoms with Gasteiger partial charge in [-0.3, -0.25) is 4.79 Å². The fraction of sp³-hybridized carbons (Fsp3) is 0.176. The second kappa shape index (κ2) is 6.95. The molecule has 0 aromatic heterocycles. The molecule has 2 aromatic rings. The van der Waals surface area contributed by atoms with E-state index in [9.17, 15) is 9.59 Å². The zero-order valence-corrected chi connectivity index (χ0v) is 13.6. The lowest BCUT2D eigenvalue weighted by Gasteiger charge is -2.13. The van der Waals surface area contributed by atoms with Crippen LogP contribution in [0, 0.1) is 6.92 Å². The van der Waals surface area contributed by atoms with Crippen molar-refractivity contribution in [3.63, 3.8) is 0 Å². The summed E-state index contributed by atoms with van der Waals surface area (Å²) in [6.45, 7) is 3.47. The molecule has 3 nitrogen and oxygen atoms in total. The number of hydrogen-bond donors (Lipinski definition) is 0. The van der Waals surface area contributed by atoms with Gasteiger partial charge in [-0.05, 0) is 32.0 Å². The molecule has 0 amide bonds. The van der Waals surface area contributed by atoms with Crippen LogP contribution in [0.25, 0.3) is 0 Å². The van der Waals surface area contributed by atoms with E-state index in [4.69, 9.17) is 27.9 Å². The Morgan fingerprint density at radius 3 is 2.05 bits per heavy atom. The molecule has 0 fully saturated rings. The summed E-state index contributed by atoms with van der Waals surface area (Å²) < 4.78 is 5.19. The van der Waals surface area contributed by atoms with Crippen LogP contribution in [0.1, 0.15) is 33.2 Å². The summed E-state index contributed by atoms with van der Waals surface area (Å²) in [5.41, 5.74) is 1.76. The van der Waals surface area contributed by atoms with Crippen molar-refractivity contribution in [2.45, 2.75) is 20.0 Å². The van der Waals surface area contributed by atoms with Crippen molar-refractivity contribution in [1.29, 1.82) is 0 Å². The number of Topliss-reactive ketones (excluding diaryl/α,β-unsaturated/α-hetero) is 1. The highest BCUT2D eigenvalue weighted by atomic mass is 35.5. The first kappa shape index (κ1) is 16.5. The van der Waals surface area contributed by atoms with Crippen LogP contribution >= 0.6 is 23.2 Å². The van der Waals surface area contributed by atoms with Crippen molar-refractivity contribution in [3.05, 3.63) is 69.2 Å². The third-order valence-electron chi connectivity index (χ3n) is 3.09. The average Bonchev–Trinajstić information content (AvgIpc) is 2.46. The maximum atomic E-state index is 12.2. The van der Waals surface area contributed by atoms with Crippen molar-refractivity contribution in [1.82, 2.24) is 0 Å². The first-order valence-electron chi connectivity index (χ1n) is 6.65. The molecule has 0 unspecified atom stereocenters. The SMILES string of the molecule is Cc1ccc(C(=O)[C@H](C)OC(=O)c2cc(Cl)cc(Cl)c2)cc1. The molecule has 0 bridgehead atoms. The predicted octanol–water partition coefficient (Wildman–Crippen LogP) is 4.73. The number of carbonyl (C=O) groups excluding carboxylic acids is 2. The average molecular weight is 337 g/mol. The Kier molecular flexibility index (Phi) is 5.22. The summed E-state index contributed by atoms with van der Waals surface area (Å²) >= 11 is 11.7. The number of esters is 1. The largest absolute Gasteiger partial charge is 0.451 e. The van der Waals surface area contributed by atoms with Crippen LogP contribution in [0.15, 0.2) is 42.5 Å². The molecule has 0 aliphatic rings. The van der Waals surface area contributed by atoms with Gasteiger partial charge in [-0.1, -0.05) is 53.0 Å². The summed E-state index contributed by atoms with van der Waals surface area (Å²) in [6.07, 6.45) is -0.895. The van der Waals surface area contributed by atoms with Crippen LogP contribution in [-0.4, -0.2) is 17.9 Å². The minimum Gasteiger partial charge on any atom is -0.451 e. The van der Waals surface area contributed by atoms with Gasteiger partial charge in [0.15, 0.2) is 6.10 Å². The van der Waals surface area contributed by atoms with Crippen LogP contribution < -0.4 is 0 Å². The Hall–Kier alpha value is -1.84. The number of ketones is 1. The summed E-state index contributed by atoms with van der Waals surface area (Å²) in [6, 6.07) is 11.5. The van der Waals surface area contributed by atoms with Gasteiger partial charge in [-0.25, -0.2) is 4.79 Å². The molecule has 22 heavy (non-hydrogen) atoms. The summed E-state index contributed by atoms with van der Waals surface area (Å²) in [4.78, 5) is 24.3. The quantitative estimate of drug-likeness (QED) is 0.598. The van der Waals surface area contributed by atoms with Gasteiger partial charge in [0.1, 0.15) is 0 Å². The number of hydrogen-bond acceptors (Lipinski definition) is 3. The lowest BCUT2D eigenvalue weighted by Crippen LogP contribution is -2.24. The van der Waals surface area contributed by atoms with Crippen molar-refractivity contribution in [3.8, 4) is 0 Å². The number of rotatable bonds is 4. The molecule has 2 aromatic carbocycles. The van der Waals surface area contributed by atoms with Crippen molar-refractivity contribution in [2.75, 3.05) is 0 Å². The molecule has 1 atom stereocenters. The second-order valence-electron chi connectivity index (χ2n) is 4.94. The highest BCUT2D eigenvalue weighted by Crippen LogP contribution is 2.20. The molecule has 0 aliphatic heterocycles. The first-order valence-corrected chi connectivity index (χ1v) is 7.40. The Labute approximate surface area is 138 Å². The number of benzene rings is 2. The smallest absolute Gasteiger partial charge is 0.338 e. The third-order valence-corrected chi connectivity index (χ3v) is 3.52. The Bertz CT molecular complexity index is 688. The number of halogens is 2. The predicted molar refractivity (Wildman–Crippen MR) is 86.8 cm³/mol. The molecule has 0 heterocycles.